The predicted octanol–water partition coefficient (Wildman–Crippen LogP) is 3.87. The first-order valence-corrected chi connectivity index (χ1v) is 12.6. The van der Waals surface area contributed by atoms with E-state index in [2.05, 4.69) is 36.1 Å². The van der Waals surface area contributed by atoms with Crippen LogP contribution in [0, 0.1) is 11.3 Å². The molecule has 3 amide bonds. The molecule has 1 atom stereocenters. The van der Waals surface area contributed by atoms with Crippen LogP contribution in [0.15, 0.2) is 54.9 Å². The van der Waals surface area contributed by atoms with Gasteiger partial charge in [-0.2, -0.15) is 10.4 Å². The van der Waals surface area contributed by atoms with Gasteiger partial charge < -0.3 is 25.6 Å². The summed E-state index contributed by atoms with van der Waals surface area (Å²) in [7, 11) is 0. The summed E-state index contributed by atoms with van der Waals surface area (Å²) in [4.78, 5) is 35.2. The van der Waals surface area contributed by atoms with Gasteiger partial charge >= 0.3 is 6.03 Å². The first kappa shape index (κ1) is 25.5. The number of fused-ring (bicyclic) bond motifs is 1. The zero-order valence-corrected chi connectivity index (χ0v) is 21.3. The topological polar surface area (TPSA) is 161 Å². The van der Waals surface area contributed by atoms with Crippen molar-refractivity contribution in [3.05, 3.63) is 66.0 Å². The van der Waals surface area contributed by atoms with E-state index in [9.17, 15) is 9.59 Å². The van der Waals surface area contributed by atoms with E-state index < -0.39 is 0 Å². The Hall–Kier alpha value is -5.18. The van der Waals surface area contributed by atoms with E-state index in [-0.39, 0.29) is 18.0 Å². The maximum Gasteiger partial charge on any atom is 0.317 e. The fraction of sp³-hybridized carbons (Fsp3) is 0.259. The molecule has 3 aromatic heterocycles. The Morgan fingerprint density at radius 2 is 2.00 bits per heavy atom. The lowest BCUT2D eigenvalue weighted by atomic mass is 10.1. The summed E-state index contributed by atoms with van der Waals surface area (Å²) in [5.74, 6) is 1.61. The van der Waals surface area contributed by atoms with Gasteiger partial charge in [0.2, 0.25) is 0 Å². The number of ether oxygens (including phenoxy) is 1. The van der Waals surface area contributed by atoms with Gasteiger partial charge in [-0.05, 0) is 56.2 Å². The van der Waals surface area contributed by atoms with Crippen molar-refractivity contribution < 1.29 is 14.3 Å². The minimum Gasteiger partial charge on any atom is -0.456 e. The number of anilines is 2. The second-order valence-corrected chi connectivity index (χ2v) is 8.99. The minimum atomic E-state index is -0.356. The quantitative estimate of drug-likeness (QED) is 0.283. The molecule has 1 aromatic carbocycles. The Bertz CT molecular complexity index is 1530. The number of nitriles is 1. The van der Waals surface area contributed by atoms with Crippen LogP contribution in [0.25, 0.3) is 11.0 Å². The van der Waals surface area contributed by atoms with Crippen molar-refractivity contribution in [2.75, 3.05) is 30.3 Å². The number of benzene rings is 1. The van der Waals surface area contributed by atoms with Crippen molar-refractivity contribution in [1.82, 2.24) is 30.4 Å². The number of piperidine rings is 1. The molecular weight excluding hydrogens is 498 g/mol. The van der Waals surface area contributed by atoms with Crippen molar-refractivity contribution in [2.45, 2.75) is 25.8 Å². The second-order valence-electron chi connectivity index (χ2n) is 8.99. The third-order valence-corrected chi connectivity index (χ3v) is 6.28. The number of amides is 3. The zero-order valence-electron chi connectivity index (χ0n) is 21.3. The van der Waals surface area contributed by atoms with E-state index in [1.807, 2.05) is 17.9 Å². The van der Waals surface area contributed by atoms with E-state index in [4.69, 9.17) is 10.00 Å². The average molecular weight is 526 g/mol. The number of nitrogens with zero attached hydrogens (tertiary/aromatic N) is 5. The molecule has 1 saturated heterocycles. The van der Waals surface area contributed by atoms with Crippen LogP contribution in [-0.2, 0) is 0 Å². The van der Waals surface area contributed by atoms with Crippen LogP contribution >= 0.6 is 0 Å². The molecule has 0 aliphatic carbocycles. The van der Waals surface area contributed by atoms with Crippen molar-refractivity contribution in [3.8, 4) is 17.6 Å². The van der Waals surface area contributed by atoms with Crippen molar-refractivity contribution >= 4 is 34.6 Å². The van der Waals surface area contributed by atoms with Gasteiger partial charge in [-0.15, -0.1) is 0 Å². The van der Waals surface area contributed by atoms with Gasteiger partial charge in [-0.25, -0.2) is 14.8 Å². The Morgan fingerprint density at radius 1 is 1.18 bits per heavy atom. The van der Waals surface area contributed by atoms with Crippen LogP contribution in [0.2, 0.25) is 0 Å². The van der Waals surface area contributed by atoms with Crippen molar-refractivity contribution in [1.29, 1.82) is 5.26 Å². The average Bonchev–Trinajstić information content (AvgIpc) is 3.37. The molecule has 4 heterocycles. The van der Waals surface area contributed by atoms with E-state index in [1.165, 1.54) is 12.3 Å². The van der Waals surface area contributed by atoms with E-state index in [0.717, 1.165) is 19.4 Å². The molecule has 5 rings (SSSR count). The third-order valence-electron chi connectivity index (χ3n) is 6.28. The van der Waals surface area contributed by atoms with Crippen LogP contribution in [0.5, 0.6) is 11.5 Å². The molecule has 0 radical (unpaired) electrons. The first-order chi connectivity index (χ1) is 19.0. The molecule has 0 saturated carbocycles. The van der Waals surface area contributed by atoms with Gasteiger partial charge in [0.1, 0.15) is 22.7 Å². The number of urea groups is 1. The summed E-state index contributed by atoms with van der Waals surface area (Å²) in [5.41, 5.74) is 1.38. The number of carbonyl (C=O) groups is 2. The maximum atomic E-state index is 12.6. The Labute approximate surface area is 224 Å². The molecule has 198 valence electrons. The molecule has 1 aliphatic rings. The smallest absolute Gasteiger partial charge is 0.317 e. The number of pyridine rings is 2. The number of nitrogens with one attached hydrogen (secondary N) is 4. The zero-order chi connectivity index (χ0) is 27.2. The summed E-state index contributed by atoms with van der Waals surface area (Å²) in [6, 6.07) is 13.5. The van der Waals surface area contributed by atoms with E-state index in [0.29, 0.717) is 58.4 Å². The lowest BCUT2D eigenvalue weighted by Crippen LogP contribution is -2.49. The number of aromatic nitrogens is 4. The van der Waals surface area contributed by atoms with Crippen molar-refractivity contribution in [3.63, 3.8) is 0 Å². The highest BCUT2D eigenvalue weighted by atomic mass is 16.5. The van der Waals surface area contributed by atoms with E-state index >= 15 is 0 Å². The molecule has 0 bridgehead atoms. The highest BCUT2D eigenvalue weighted by molar-refractivity contribution is 6.03. The standard InChI is InChI=1S/C27H27N9O3/c1-2-29-27(38)36-13-3-4-19(16-36)32-25-23-21(10-12-31-24(23)34-35-25)39-20-7-5-18(6-8-20)26(37)33-22-14-17(15-28)9-11-30-22/h5-12,14,19H,2-4,13,16H2,1H3,(H,29,38)(H,30,33,37)(H2,31,32,34,35)/t19-/m1/s1. The normalized spacial score (nSPS) is 14.9. The van der Waals surface area contributed by atoms with Gasteiger partial charge in [0.15, 0.2) is 11.5 Å². The van der Waals surface area contributed by atoms with Gasteiger partial charge in [0.05, 0.1) is 11.6 Å². The Balaban J connectivity index is 1.29. The number of likely N-dealkylation sites (tertiary alicyclic amines) is 1. The molecule has 4 aromatic rings. The minimum absolute atomic E-state index is 0.0297. The highest BCUT2D eigenvalue weighted by Gasteiger charge is 2.25. The highest BCUT2D eigenvalue weighted by Crippen LogP contribution is 2.33. The molecule has 1 fully saturated rings. The van der Waals surface area contributed by atoms with Gasteiger partial charge in [-0.3, -0.25) is 9.89 Å². The molecule has 12 nitrogen and oxygen atoms in total. The predicted molar refractivity (Wildman–Crippen MR) is 145 cm³/mol. The number of hydrogen-bond acceptors (Lipinski definition) is 8. The fourth-order valence-electron chi connectivity index (χ4n) is 4.41. The SMILES string of the molecule is CCNC(=O)N1CCC[C@@H](Nc2n[nH]c3nccc(Oc4ccc(C(=O)Nc5cc(C#N)ccn5)cc4)c23)C1. The van der Waals surface area contributed by atoms with Crippen molar-refractivity contribution in [2.24, 2.45) is 0 Å². The van der Waals surface area contributed by atoms with Crippen LogP contribution in [0.3, 0.4) is 0 Å². The molecule has 39 heavy (non-hydrogen) atoms. The molecule has 0 spiro atoms. The summed E-state index contributed by atoms with van der Waals surface area (Å²) in [6.45, 7) is 3.77. The molecule has 12 heteroatoms. The second kappa shape index (κ2) is 11.5. The number of aromatic amines is 1. The number of carbonyl (C=O) groups excluding carboxylic acids is 2. The summed E-state index contributed by atoms with van der Waals surface area (Å²) in [5, 5.41) is 26.1. The number of hydrogen-bond donors (Lipinski definition) is 4. The van der Waals surface area contributed by atoms with Gasteiger partial charge in [-0.1, -0.05) is 0 Å². The molecular formula is C27H27N9O3. The van der Waals surface area contributed by atoms with Gasteiger partial charge in [0, 0.05) is 49.7 Å². The van der Waals surface area contributed by atoms with E-state index in [1.54, 1.807) is 42.6 Å². The first-order valence-electron chi connectivity index (χ1n) is 12.6. The third kappa shape index (κ3) is 5.88. The lowest BCUT2D eigenvalue weighted by molar-refractivity contribution is 0.102. The Kier molecular flexibility index (Phi) is 7.49. The maximum absolute atomic E-state index is 12.6. The largest absolute Gasteiger partial charge is 0.456 e. The number of rotatable bonds is 7. The van der Waals surface area contributed by atoms with Crippen LogP contribution in [0.4, 0.5) is 16.4 Å². The van der Waals surface area contributed by atoms with Gasteiger partial charge in [0.25, 0.3) is 5.91 Å². The van der Waals surface area contributed by atoms with Crippen LogP contribution in [0.1, 0.15) is 35.7 Å². The van der Waals surface area contributed by atoms with Crippen LogP contribution < -0.4 is 20.7 Å². The number of H-pyrrole nitrogens is 1. The monoisotopic (exact) mass is 525 g/mol. The summed E-state index contributed by atoms with van der Waals surface area (Å²) >= 11 is 0. The fourth-order valence-corrected chi connectivity index (χ4v) is 4.41. The molecule has 1 aliphatic heterocycles. The lowest BCUT2D eigenvalue weighted by Gasteiger charge is -2.33. The molecule has 0 unspecified atom stereocenters. The molecule has 4 N–H and O–H groups in total. The van der Waals surface area contributed by atoms with Crippen LogP contribution in [-0.4, -0.2) is 62.7 Å². The Morgan fingerprint density at radius 3 is 2.79 bits per heavy atom. The summed E-state index contributed by atoms with van der Waals surface area (Å²) < 4.78 is 6.16. The summed E-state index contributed by atoms with van der Waals surface area (Å²) in [6.07, 6.45) is 4.88.